The van der Waals surface area contributed by atoms with E-state index < -0.39 is 0 Å². The van der Waals surface area contributed by atoms with E-state index in [1.54, 1.807) is 12.1 Å². The van der Waals surface area contributed by atoms with Crippen LogP contribution in [0.2, 0.25) is 0 Å². The largest absolute Gasteiger partial charge is 0.298 e. The molecule has 1 aromatic rings. The van der Waals surface area contributed by atoms with Crippen molar-refractivity contribution in [3.8, 4) is 5.75 Å². The van der Waals surface area contributed by atoms with Crippen molar-refractivity contribution in [3.05, 3.63) is 24.3 Å². The molecule has 11 heavy (non-hydrogen) atoms. The average molecular weight is 153 g/mol. The van der Waals surface area contributed by atoms with Gasteiger partial charge < -0.3 is 0 Å². The van der Waals surface area contributed by atoms with E-state index in [1.165, 1.54) is 0 Å². The Kier molecular flexibility index (Phi) is 1.87. The van der Waals surface area contributed by atoms with E-state index in [4.69, 9.17) is 0 Å². The molecule has 0 bridgehead atoms. The third-order valence-electron chi connectivity index (χ3n) is 1.61. The van der Waals surface area contributed by atoms with Crippen LogP contribution in [-0.4, -0.2) is 21.1 Å². The van der Waals surface area contributed by atoms with E-state index in [-0.39, 0.29) is 5.75 Å². The molecule has 0 heterocycles. The highest BCUT2D eigenvalue weighted by Gasteiger charge is 2.10. The minimum Gasteiger partial charge on any atom is -0.298 e. The van der Waals surface area contributed by atoms with Crippen molar-refractivity contribution in [2.24, 2.45) is 0 Å². The molecule has 59 valence electrons. The second-order valence-electron chi connectivity index (χ2n) is 3.51. The second-order valence-corrected chi connectivity index (χ2v) is 3.51. The predicted molar refractivity (Wildman–Crippen MR) is 46.1 cm³/mol. The summed E-state index contributed by atoms with van der Waals surface area (Å²) in [4.78, 5) is 0. The molecule has 0 N–H and O–H groups in total. The summed E-state index contributed by atoms with van der Waals surface area (Å²) in [6.45, 7) is 0. The maximum atomic E-state index is 10.7. The SMILES string of the molecule is C[N+](C)(C)c1ccc([18O])cc1. The molecule has 1 radical (unpaired) electrons. The number of hydrogen-bond acceptors (Lipinski definition) is 0. The fraction of sp³-hybridized carbons (Fsp3) is 0.333. The van der Waals surface area contributed by atoms with Crippen molar-refractivity contribution in [1.29, 1.82) is 0 Å². The van der Waals surface area contributed by atoms with Crippen LogP contribution in [0.25, 0.3) is 0 Å². The van der Waals surface area contributed by atoms with Crippen molar-refractivity contribution >= 4 is 5.69 Å². The first kappa shape index (κ1) is 8.08. The summed E-state index contributed by atoms with van der Waals surface area (Å²) in [7, 11) is 6.21. The van der Waals surface area contributed by atoms with E-state index in [9.17, 15) is 5.11 Å². The fourth-order valence-corrected chi connectivity index (χ4v) is 0.893. The molecular formula is C9H13NO+. The molecule has 0 aromatic heterocycles. The molecule has 2 nitrogen and oxygen atoms in total. The lowest BCUT2D eigenvalue weighted by molar-refractivity contribution is 0.354. The van der Waals surface area contributed by atoms with Crippen LogP contribution < -0.4 is 4.48 Å². The zero-order valence-corrected chi connectivity index (χ0v) is 7.16. The van der Waals surface area contributed by atoms with Crippen LogP contribution in [0.15, 0.2) is 24.3 Å². The van der Waals surface area contributed by atoms with Crippen LogP contribution in [0.1, 0.15) is 0 Å². The molecule has 0 saturated heterocycles. The van der Waals surface area contributed by atoms with E-state index >= 15 is 0 Å². The third-order valence-corrected chi connectivity index (χ3v) is 1.61. The van der Waals surface area contributed by atoms with E-state index in [0.717, 1.165) is 10.2 Å². The molecule has 0 spiro atoms. The van der Waals surface area contributed by atoms with Gasteiger partial charge in [-0.15, -0.1) is 0 Å². The van der Waals surface area contributed by atoms with E-state index in [2.05, 4.69) is 21.1 Å². The van der Waals surface area contributed by atoms with Crippen LogP contribution in [0.5, 0.6) is 5.75 Å². The first-order valence-electron chi connectivity index (χ1n) is 3.59. The van der Waals surface area contributed by atoms with Gasteiger partial charge in [0.05, 0.1) is 21.1 Å². The normalized spacial score (nSPS) is 11.5. The fourth-order valence-electron chi connectivity index (χ4n) is 0.893. The van der Waals surface area contributed by atoms with Gasteiger partial charge in [-0.25, -0.2) is 0 Å². The number of nitrogens with zero attached hydrogens (tertiary/aromatic N) is 1. The van der Waals surface area contributed by atoms with Crippen molar-refractivity contribution in [1.82, 2.24) is 4.48 Å². The van der Waals surface area contributed by atoms with E-state index in [1.807, 2.05) is 12.1 Å². The van der Waals surface area contributed by atoms with Gasteiger partial charge >= 0.3 is 0 Å². The lowest BCUT2D eigenvalue weighted by Crippen LogP contribution is -2.34. The first-order chi connectivity index (χ1) is 5.00. The van der Waals surface area contributed by atoms with Gasteiger partial charge in [0.2, 0.25) is 0 Å². The summed E-state index contributed by atoms with van der Waals surface area (Å²) in [6, 6.07) is 6.92. The zero-order chi connectivity index (χ0) is 8.48. The minimum absolute atomic E-state index is 0.0715. The topological polar surface area (TPSA) is 19.9 Å². The Hall–Kier alpha value is -1.02. The Labute approximate surface area is 67.3 Å². The highest BCUT2D eigenvalue weighted by Crippen LogP contribution is 2.19. The minimum atomic E-state index is 0.0715. The second kappa shape index (κ2) is 2.55. The van der Waals surface area contributed by atoms with Gasteiger partial charge in [-0.05, 0) is 12.1 Å². The van der Waals surface area contributed by atoms with Gasteiger partial charge in [0.15, 0.2) is 5.75 Å². The summed E-state index contributed by atoms with van der Waals surface area (Å²) in [5, 5.41) is 10.7. The third kappa shape index (κ3) is 1.95. The average Bonchev–Trinajstić information content (AvgIpc) is 1.86. The highest BCUT2D eigenvalue weighted by molar-refractivity contribution is 5.43. The van der Waals surface area contributed by atoms with Gasteiger partial charge in [0.25, 0.3) is 0 Å². The maximum Gasteiger partial charge on any atom is 0.179 e. The Morgan fingerprint density at radius 1 is 1.00 bits per heavy atom. The van der Waals surface area contributed by atoms with Crippen molar-refractivity contribution < 1.29 is 5.11 Å². The summed E-state index contributed by atoms with van der Waals surface area (Å²) in [5.74, 6) is 0.0715. The van der Waals surface area contributed by atoms with Gasteiger partial charge in [-0.1, -0.05) is 0 Å². The molecule has 2 heteroatoms. The lowest BCUT2D eigenvalue weighted by atomic mass is 10.3. The Balaban J connectivity index is 2.99. The standard InChI is InChI=1S/C9H13NO/c1-10(2,3)8-4-6-9(11)7-5-8/h4-7H,1-3H3/q+1/i11+2. The van der Waals surface area contributed by atoms with Crippen molar-refractivity contribution in [2.45, 2.75) is 0 Å². The Morgan fingerprint density at radius 3 is 1.82 bits per heavy atom. The van der Waals surface area contributed by atoms with Gasteiger partial charge in [-0.2, -0.15) is 0 Å². The molecule has 1 rings (SSSR count). The Morgan fingerprint density at radius 2 is 1.45 bits per heavy atom. The summed E-state index contributed by atoms with van der Waals surface area (Å²) in [5.41, 5.74) is 1.14. The number of quaternary nitrogens is 1. The van der Waals surface area contributed by atoms with Gasteiger partial charge in [-0.3, -0.25) is 9.59 Å². The number of benzene rings is 1. The highest BCUT2D eigenvalue weighted by atomic mass is 18.2. The van der Waals surface area contributed by atoms with Crippen LogP contribution in [0, 0.1) is 0 Å². The molecule has 0 aliphatic rings. The molecule has 0 fully saturated rings. The monoisotopic (exact) mass is 153 g/mol. The zero-order valence-electron chi connectivity index (χ0n) is 7.16. The summed E-state index contributed by atoms with van der Waals surface area (Å²) < 4.78 is 0.750. The molecule has 0 aliphatic heterocycles. The number of hydrogen-bond donors (Lipinski definition) is 0. The number of rotatable bonds is 1. The van der Waals surface area contributed by atoms with Crippen molar-refractivity contribution in [3.63, 3.8) is 0 Å². The molecule has 1 aromatic carbocycles. The predicted octanol–water partition coefficient (Wildman–Crippen LogP) is 2.03. The molecule has 0 atom stereocenters. The molecule has 0 aliphatic carbocycles. The summed E-state index contributed by atoms with van der Waals surface area (Å²) >= 11 is 0. The smallest absolute Gasteiger partial charge is 0.179 e. The lowest BCUT2D eigenvalue weighted by Gasteiger charge is -2.22. The summed E-state index contributed by atoms with van der Waals surface area (Å²) in [6.07, 6.45) is 0. The van der Waals surface area contributed by atoms with Gasteiger partial charge in [0.1, 0.15) is 5.69 Å². The molecule has 0 saturated carbocycles. The van der Waals surface area contributed by atoms with Crippen LogP contribution in [0.3, 0.4) is 0 Å². The molecule has 0 amide bonds. The van der Waals surface area contributed by atoms with Crippen LogP contribution in [-0.2, 0) is 5.11 Å². The van der Waals surface area contributed by atoms with Crippen LogP contribution >= 0.6 is 0 Å². The van der Waals surface area contributed by atoms with Crippen molar-refractivity contribution in [2.75, 3.05) is 21.1 Å². The Bertz CT molecular complexity index is 233. The van der Waals surface area contributed by atoms with Crippen LogP contribution in [0.4, 0.5) is 5.69 Å². The van der Waals surface area contributed by atoms with E-state index in [0.29, 0.717) is 0 Å². The molecule has 0 unspecified atom stereocenters. The quantitative estimate of drug-likeness (QED) is 0.434. The van der Waals surface area contributed by atoms with Gasteiger partial charge in [0, 0.05) is 12.1 Å². The maximum absolute atomic E-state index is 10.7. The first-order valence-corrected chi connectivity index (χ1v) is 3.59. The molecular weight excluding hydrogens is 140 g/mol.